The van der Waals surface area contributed by atoms with Gasteiger partial charge >= 0.3 is 11.7 Å². The van der Waals surface area contributed by atoms with Gasteiger partial charge in [0.05, 0.1) is 0 Å². The van der Waals surface area contributed by atoms with Gasteiger partial charge in [-0.2, -0.15) is 0 Å². The molecule has 0 atom stereocenters. The lowest BCUT2D eigenvalue weighted by molar-refractivity contribution is -0.144. The van der Waals surface area contributed by atoms with E-state index in [0.29, 0.717) is 12.2 Å². The number of carbonyl (C=O) groups is 2. The van der Waals surface area contributed by atoms with E-state index in [1.165, 1.54) is 0 Å². The number of nitrogens with one attached hydrogen (secondary N) is 1. The van der Waals surface area contributed by atoms with Crippen molar-refractivity contribution in [3.8, 4) is 5.75 Å². The van der Waals surface area contributed by atoms with E-state index in [9.17, 15) is 19.2 Å². The number of carbonyl (C=O) groups excluding carboxylic acids is 2. The molecular formula is C19H23N3O6. The van der Waals surface area contributed by atoms with Crippen LogP contribution in [0.2, 0.25) is 0 Å². The molecule has 0 saturated heterocycles. The zero-order chi connectivity index (χ0) is 20.8. The van der Waals surface area contributed by atoms with Crippen molar-refractivity contribution in [2.45, 2.75) is 33.7 Å². The number of aromatic amines is 1. The highest BCUT2D eigenvalue weighted by Crippen LogP contribution is 2.16. The Hall–Kier alpha value is -3.36. The van der Waals surface area contributed by atoms with Gasteiger partial charge in [-0.1, -0.05) is 13.0 Å². The summed E-state index contributed by atoms with van der Waals surface area (Å²) >= 11 is 0. The highest BCUT2D eigenvalue weighted by Gasteiger charge is 2.20. The van der Waals surface area contributed by atoms with Gasteiger partial charge in [-0.25, -0.2) is 9.59 Å². The monoisotopic (exact) mass is 389 g/mol. The second-order valence-electron chi connectivity index (χ2n) is 6.29. The van der Waals surface area contributed by atoms with Gasteiger partial charge in [0, 0.05) is 6.54 Å². The molecule has 0 aliphatic rings. The van der Waals surface area contributed by atoms with Crippen molar-refractivity contribution in [2.24, 2.45) is 0 Å². The summed E-state index contributed by atoms with van der Waals surface area (Å²) in [6, 6.07) is 5.36. The maximum Gasteiger partial charge on any atom is 0.344 e. The first-order valence-corrected chi connectivity index (χ1v) is 8.76. The molecule has 28 heavy (non-hydrogen) atoms. The summed E-state index contributed by atoms with van der Waals surface area (Å²) in [4.78, 5) is 49.9. The third kappa shape index (κ3) is 4.87. The summed E-state index contributed by atoms with van der Waals surface area (Å²) < 4.78 is 11.3. The summed E-state index contributed by atoms with van der Waals surface area (Å²) in [6.07, 6.45) is 0.578. The van der Waals surface area contributed by atoms with Gasteiger partial charge in [0.15, 0.2) is 13.2 Å². The predicted molar refractivity (Wildman–Crippen MR) is 103 cm³/mol. The average Bonchev–Trinajstić information content (AvgIpc) is 2.64. The SMILES string of the molecule is CCCn1c(N)c(C(=O)COC(=O)COc2ccc(C)c(C)c2)c(=O)[nH]c1=O. The fourth-order valence-corrected chi connectivity index (χ4v) is 2.51. The molecule has 3 N–H and O–H groups in total. The molecule has 0 bridgehead atoms. The van der Waals surface area contributed by atoms with E-state index in [1.807, 2.05) is 31.8 Å². The summed E-state index contributed by atoms with van der Waals surface area (Å²) in [5.41, 5.74) is 5.88. The largest absolute Gasteiger partial charge is 0.482 e. The number of aromatic nitrogens is 2. The fourth-order valence-electron chi connectivity index (χ4n) is 2.51. The number of H-pyrrole nitrogens is 1. The molecule has 0 fully saturated rings. The Balaban J connectivity index is 2.00. The van der Waals surface area contributed by atoms with E-state index in [1.54, 1.807) is 12.1 Å². The van der Waals surface area contributed by atoms with Crippen LogP contribution in [0.3, 0.4) is 0 Å². The lowest BCUT2D eigenvalue weighted by Crippen LogP contribution is -2.37. The van der Waals surface area contributed by atoms with Gasteiger partial charge < -0.3 is 15.2 Å². The topological polar surface area (TPSA) is 133 Å². The number of hydrogen-bond acceptors (Lipinski definition) is 7. The zero-order valence-electron chi connectivity index (χ0n) is 16.0. The first-order valence-electron chi connectivity index (χ1n) is 8.76. The Morgan fingerprint density at radius 2 is 1.86 bits per heavy atom. The second-order valence-corrected chi connectivity index (χ2v) is 6.29. The van der Waals surface area contributed by atoms with Crippen molar-refractivity contribution < 1.29 is 19.1 Å². The van der Waals surface area contributed by atoms with Crippen LogP contribution in [0, 0.1) is 13.8 Å². The lowest BCUT2D eigenvalue weighted by atomic mass is 10.1. The van der Waals surface area contributed by atoms with Crippen molar-refractivity contribution in [1.82, 2.24) is 9.55 Å². The number of ether oxygens (including phenoxy) is 2. The van der Waals surface area contributed by atoms with Crippen LogP contribution in [0.25, 0.3) is 0 Å². The molecule has 150 valence electrons. The zero-order valence-corrected chi connectivity index (χ0v) is 16.0. The first-order chi connectivity index (χ1) is 13.2. The normalized spacial score (nSPS) is 10.5. The minimum absolute atomic E-state index is 0.241. The Kier molecular flexibility index (Phi) is 6.75. The molecule has 1 aromatic carbocycles. The summed E-state index contributed by atoms with van der Waals surface area (Å²) in [7, 11) is 0. The number of nitrogens with two attached hydrogens (primary N) is 1. The Bertz CT molecular complexity index is 1010. The molecule has 2 aromatic rings. The second kappa shape index (κ2) is 9.03. The molecule has 2 rings (SSSR count). The molecule has 0 amide bonds. The van der Waals surface area contributed by atoms with E-state index in [2.05, 4.69) is 0 Å². The summed E-state index contributed by atoms with van der Waals surface area (Å²) in [5, 5.41) is 0. The van der Waals surface area contributed by atoms with E-state index < -0.39 is 41.8 Å². The minimum atomic E-state index is -0.915. The number of benzene rings is 1. The summed E-state index contributed by atoms with van der Waals surface area (Å²) in [5.74, 6) is -1.33. The number of rotatable bonds is 8. The molecule has 0 unspecified atom stereocenters. The third-order valence-corrected chi connectivity index (χ3v) is 4.16. The van der Waals surface area contributed by atoms with Crippen molar-refractivity contribution in [1.29, 1.82) is 0 Å². The molecular weight excluding hydrogens is 366 g/mol. The van der Waals surface area contributed by atoms with Crippen LogP contribution in [0.15, 0.2) is 27.8 Å². The first kappa shape index (κ1) is 20.9. The summed E-state index contributed by atoms with van der Waals surface area (Å²) in [6.45, 7) is 4.85. The van der Waals surface area contributed by atoms with Crippen LogP contribution in [0.5, 0.6) is 5.75 Å². The number of ketones is 1. The molecule has 9 nitrogen and oxygen atoms in total. The molecule has 9 heteroatoms. The van der Waals surface area contributed by atoms with Gasteiger partial charge in [0.1, 0.15) is 17.1 Å². The Morgan fingerprint density at radius 1 is 1.14 bits per heavy atom. The number of esters is 1. The molecule has 0 aliphatic heterocycles. The number of aryl methyl sites for hydroxylation is 2. The van der Waals surface area contributed by atoms with E-state index in [0.717, 1.165) is 15.7 Å². The van der Waals surface area contributed by atoms with E-state index >= 15 is 0 Å². The number of anilines is 1. The third-order valence-electron chi connectivity index (χ3n) is 4.16. The average molecular weight is 389 g/mol. The fraction of sp³-hybridized carbons (Fsp3) is 0.368. The maximum atomic E-state index is 12.3. The smallest absolute Gasteiger partial charge is 0.344 e. The van der Waals surface area contributed by atoms with Crippen LogP contribution in [0.4, 0.5) is 5.82 Å². The Morgan fingerprint density at radius 3 is 2.50 bits per heavy atom. The van der Waals surface area contributed by atoms with Crippen molar-refractivity contribution >= 4 is 17.6 Å². The van der Waals surface area contributed by atoms with Crippen molar-refractivity contribution in [3.05, 3.63) is 55.7 Å². The molecule has 0 radical (unpaired) electrons. The highest BCUT2D eigenvalue weighted by molar-refractivity contribution is 6.01. The van der Waals surface area contributed by atoms with Gasteiger partial charge in [0.25, 0.3) is 5.56 Å². The van der Waals surface area contributed by atoms with Crippen LogP contribution in [-0.2, 0) is 16.1 Å². The van der Waals surface area contributed by atoms with Crippen molar-refractivity contribution in [2.75, 3.05) is 18.9 Å². The molecule has 0 spiro atoms. The van der Waals surface area contributed by atoms with Crippen LogP contribution < -0.4 is 21.7 Å². The predicted octanol–water partition coefficient (Wildman–Crippen LogP) is 0.951. The van der Waals surface area contributed by atoms with Gasteiger partial charge in [-0.3, -0.25) is 19.1 Å². The quantitative estimate of drug-likeness (QED) is 0.507. The van der Waals surface area contributed by atoms with E-state index in [4.69, 9.17) is 15.2 Å². The molecule has 1 heterocycles. The maximum absolute atomic E-state index is 12.3. The van der Waals surface area contributed by atoms with E-state index in [-0.39, 0.29) is 12.4 Å². The molecule has 0 saturated carbocycles. The number of nitrogen functional groups attached to an aromatic ring is 1. The minimum Gasteiger partial charge on any atom is -0.482 e. The lowest BCUT2D eigenvalue weighted by Gasteiger charge is -2.11. The highest BCUT2D eigenvalue weighted by atomic mass is 16.6. The molecule has 1 aromatic heterocycles. The van der Waals surface area contributed by atoms with Gasteiger partial charge in [0.2, 0.25) is 5.78 Å². The Labute approximate surface area is 161 Å². The van der Waals surface area contributed by atoms with Gasteiger partial charge in [-0.15, -0.1) is 0 Å². The molecule has 0 aliphatic carbocycles. The van der Waals surface area contributed by atoms with Crippen LogP contribution >= 0.6 is 0 Å². The van der Waals surface area contributed by atoms with Crippen LogP contribution in [-0.4, -0.2) is 34.5 Å². The van der Waals surface area contributed by atoms with Crippen LogP contribution in [0.1, 0.15) is 34.8 Å². The standard InChI is InChI=1S/C19H23N3O6/c1-4-7-22-17(20)16(18(25)21-19(22)26)14(23)9-28-15(24)10-27-13-6-5-11(2)12(3)8-13/h5-6,8H,4,7,9-10,20H2,1-3H3,(H,21,25,26). The number of nitrogens with zero attached hydrogens (tertiary/aromatic N) is 1. The van der Waals surface area contributed by atoms with Gasteiger partial charge in [-0.05, 0) is 43.5 Å². The van der Waals surface area contributed by atoms with Crippen molar-refractivity contribution in [3.63, 3.8) is 0 Å². The number of Topliss-reactive ketones (excluding diaryl/α,β-unsaturated/α-hetero) is 1. The number of hydrogen-bond donors (Lipinski definition) is 2.